The summed E-state index contributed by atoms with van der Waals surface area (Å²) in [5.74, 6) is 0.723. The van der Waals surface area contributed by atoms with Crippen molar-refractivity contribution in [2.24, 2.45) is 5.92 Å². The molecule has 0 fully saturated rings. The maximum absolute atomic E-state index is 4.69. The maximum Gasteiger partial charge on any atom is 0.0962 e. The molecule has 1 aromatic heterocycles. The van der Waals surface area contributed by atoms with Crippen LogP contribution in [-0.2, 0) is 25.7 Å². The second-order valence-corrected chi connectivity index (χ2v) is 7.41. The van der Waals surface area contributed by atoms with Crippen molar-refractivity contribution in [3.05, 3.63) is 63.9 Å². The van der Waals surface area contributed by atoms with E-state index in [9.17, 15) is 0 Å². The normalized spacial score (nSPS) is 18.2. The molecule has 1 N–H and O–H groups in total. The summed E-state index contributed by atoms with van der Waals surface area (Å²) in [6.45, 7) is 6.77. The molecule has 25 heavy (non-hydrogen) atoms. The van der Waals surface area contributed by atoms with Crippen molar-refractivity contribution in [2.75, 3.05) is 0 Å². The number of aryl methyl sites for hydroxylation is 2. The van der Waals surface area contributed by atoms with Crippen molar-refractivity contribution < 1.29 is 0 Å². The highest BCUT2D eigenvalue weighted by molar-refractivity contribution is 5.75. The SMILES string of the molecule is CCc1cc2c(cc1CC)-c1n[nH]c(CC3=CCC(CC)C=C3)c1C2. The van der Waals surface area contributed by atoms with Crippen LogP contribution >= 0.6 is 0 Å². The summed E-state index contributed by atoms with van der Waals surface area (Å²) >= 11 is 0. The second kappa shape index (κ2) is 6.67. The molecule has 0 aliphatic heterocycles. The molecule has 1 unspecified atom stereocenters. The zero-order valence-electron chi connectivity index (χ0n) is 15.7. The van der Waals surface area contributed by atoms with Gasteiger partial charge in [0.2, 0.25) is 0 Å². The summed E-state index contributed by atoms with van der Waals surface area (Å²) in [6.07, 6.45) is 13.7. The molecule has 1 aromatic carbocycles. The van der Waals surface area contributed by atoms with E-state index in [-0.39, 0.29) is 0 Å². The lowest BCUT2D eigenvalue weighted by Gasteiger charge is -2.14. The summed E-state index contributed by atoms with van der Waals surface area (Å²) in [7, 11) is 0. The number of aromatic amines is 1. The van der Waals surface area contributed by atoms with Crippen LogP contribution in [0.25, 0.3) is 11.3 Å². The van der Waals surface area contributed by atoms with Crippen molar-refractivity contribution in [1.82, 2.24) is 10.2 Å². The Bertz CT molecular complexity index is 851. The minimum absolute atomic E-state index is 0.723. The average Bonchev–Trinajstić information content (AvgIpc) is 3.20. The van der Waals surface area contributed by atoms with Crippen LogP contribution in [0.5, 0.6) is 0 Å². The third-order valence-corrected chi connectivity index (χ3v) is 5.93. The Morgan fingerprint density at radius 3 is 2.60 bits per heavy atom. The number of allylic oxidation sites excluding steroid dienone is 4. The largest absolute Gasteiger partial charge is 0.281 e. The second-order valence-electron chi connectivity index (χ2n) is 7.41. The van der Waals surface area contributed by atoms with Gasteiger partial charge in [-0.2, -0.15) is 5.10 Å². The van der Waals surface area contributed by atoms with Crippen LogP contribution in [0.4, 0.5) is 0 Å². The van der Waals surface area contributed by atoms with Gasteiger partial charge < -0.3 is 0 Å². The van der Waals surface area contributed by atoms with Gasteiger partial charge in [-0.05, 0) is 59.9 Å². The van der Waals surface area contributed by atoms with E-state index in [1.807, 2.05) is 0 Å². The van der Waals surface area contributed by atoms with Gasteiger partial charge in [0.25, 0.3) is 0 Å². The number of rotatable bonds is 5. The zero-order chi connectivity index (χ0) is 17.4. The molecule has 0 saturated heterocycles. The third-order valence-electron chi connectivity index (χ3n) is 5.93. The molecule has 130 valence electrons. The van der Waals surface area contributed by atoms with E-state index >= 15 is 0 Å². The molecule has 0 spiro atoms. The van der Waals surface area contributed by atoms with Gasteiger partial charge in [0.15, 0.2) is 0 Å². The maximum atomic E-state index is 4.69. The van der Waals surface area contributed by atoms with Crippen LogP contribution < -0.4 is 0 Å². The first-order chi connectivity index (χ1) is 12.2. The first kappa shape index (κ1) is 16.4. The van der Waals surface area contributed by atoms with E-state index in [4.69, 9.17) is 0 Å². The van der Waals surface area contributed by atoms with Crippen LogP contribution in [0.15, 0.2) is 35.9 Å². The molecular weight excluding hydrogens is 304 g/mol. The van der Waals surface area contributed by atoms with Crippen molar-refractivity contribution in [3.63, 3.8) is 0 Å². The average molecular weight is 332 g/mol. The van der Waals surface area contributed by atoms with Gasteiger partial charge in [0.05, 0.1) is 5.69 Å². The van der Waals surface area contributed by atoms with Gasteiger partial charge >= 0.3 is 0 Å². The van der Waals surface area contributed by atoms with Crippen LogP contribution in [0.1, 0.15) is 61.6 Å². The Kier molecular flexibility index (Phi) is 4.37. The van der Waals surface area contributed by atoms with Crippen molar-refractivity contribution in [3.8, 4) is 11.3 Å². The lowest BCUT2D eigenvalue weighted by atomic mass is 9.92. The fourth-order valence-corrected chi connectivity index (χ4v) is 4.26. The molecule has 0 bridgehead atoms. The summed E-state index contributed by atoms with van der Waals surface area (Å²) in [5, 5.41) is 8.02. The van der Waals surface area contributed by atoms with E-state index in [0.29, 0.717) is 0 Å². The Balaban J connectivity index is 1.61. The number of hydrogen-bond donors (Lipinski definition) is 1. The van der Waals surface area contributed by atoms with Crippen molar-refractivity contribution in [1.29, 1.82) is 0 Å². The highest BCUT2D eigenvalue weighted by Crippen LogP contribution is 2.39. The van der Waals surface area contributed by atoms with Gasteiger partial charge in [0, 0.05) is 29.7 Å². The minimum atomic E-state index is 0.723. The summed E-state index contributed by atoms with van der Waals surface area (Å²) in [4.78, 5) is 0. The summed E-state index contributed by atoms with van der Waals surface area (Å²) < 4.78 is 0. The Hall–Kier alpha value is -2.09. The Morgan fingerprint density at radius 1 is 1.12 bits per heavy atom. The van der Waals surface area contributed by atoms with Gasteiger partial charge in [-0.25, -0.2) is 0 Å². The van der Waals surface area contributed by atoms with Gasteiger partial charge in [-0.15, -0.1) is 0 Å². The molecule has 1 atom stereocenters. The standard InChI is InChI=1S/C23H28N2/c1-4-15-7-9-16(10-8-15)11-22-21-14-19-12-17(5-2)18(6-3)13-20(19)23(21)25-24-22/h7,9-10,12-13,15H,4-6,8,11,14H2,1-3H3,(H,24,25). The number of benzene rings is 1. The number of fused-ring (bicyclic) bond motifs is 3. The number of nitrogens with zero attached hydrogens (tertiary/aromatic N) is 1. The lowest BCUT2D eigenvalue weighted by molar-refractivity contribution is 0.628. The Morgan fingerprint density at radius 2 is 1.92 bits per heavy atom. The first-order valence-corrected chi connectivity index (χ1v) is 9.81. The summed E-state index contributed by atoms with van der Waals surface area (Å²) in [5.41, 5.74) is 11.1. The van der Waals surface area contributed by atoms with Crippen LogP contribution in [0, 0.1) is 5.92 Å². The highest BCUT2D eigenvalue weighted by atomic mass is 15.1. The Labute approximate surface area is 151 Å². The molecule has 0 amide bonds. The van der Waals surface area contributed by atoms with Crippen molar-refractivity contribution >= 4 is 0 Å². The van der Waals surface area contributed by atoms with Gasteiger partial charge in [-0.1, -0.05) is 45.1 Å². The molecule has 1 heterocycles. The third kappa shape index (κ3) is 2.88. The van der Waals surface area contributed by atoms with Crippen LogP contribution in [0.2, 0.25) is 0 Å². The van der Waals surface area contributed by atoms with E-state index in [0.717, 1.165) is 31.6 Å². The predicted molar refractivity (Wildman–Crippen MR) is 105 cm³/mol. The van der Waals surface area contributed by atoms with Crippen LogP contribution in [-0.4, -0.2) is 10.2 Å². The lowest BCUT2D eigenvalue weighted by Crippen LogP contribution is -2.01. The number of nitrogens with one attached hydrogen (secondary N) is 1. The number of hydrogen-bond acceptors (Lipinski definition) is 1. The quantitative estimate of drug-likeness (QED) is 0.651. The highest BCUT2D eigenvalue weighted by Gasteiger charge is 2.26. The molecule has 2 aromatic rings. The minimum Gasteiger partial charge on any atom is -0.281 e. The van der Waals surface area contributed by atoms with E-state index < -0.39 is 0 Å². The molecule has 4 rings (SSSR count). The van der Waals surface area contributed by atoms with E-state index in [1.165, 1.54) is 57.6 Å². The molecule has 2 aliphatic rings. The first-order valence-electron chi connectivity index (χ1n) is 9.81. The topological polar surface area (TPSA) is 28.7 Å². The fraction of sp³-hybridized carbons (Fsp3) is 0.435. The van der Waals surface area contributed by atoms with Gasteiger partial charge in [-0.3, -0.25) is 5.10 Å². The fourth-order valence-electron chi connectivity index (χ4n) is 4.26. The monoisotopic (exact) mass is 332 g/mol. The molecule has 2 nitrogen and oxygen atoms in total. The van der Waals surface area contributed by atoms with Crippen LogP contribution in [0.3, 0.4) is 0 Å². The van der Waals surface area contributed by atoms with E-state index in [2.05, 4.69) is 61.3 Å². The molecule has 0 radical (unpaired) electrons. The zero-order valence-corrected chi connectivity index (χ0v) is 15.7. The molecular formula is C23H28N2. The molecule has 2 aliphatic carbocycles. The smallest absolute Gasteiger partial charge is 0.0962 e. The molecule has 0 saturated carbocycles. The van der Waals surface area contributed by atoms with Gasteiger partial charge in [0.1, 0.15) is 0 Å². The number of aromatic nitrogens is 2. The predicted octanol–water partition coefficient (Wildman–Crippen LogP) is 5.56. The summed E-state index contributed by atoms with van der Waals surface area (Å²) in [6, 6.07) is 4.81. The van der Waals surface area contributed by atoms with E-state index in [1.54, 1.807) is 0 Å². The molecule has 2 heteroatoms. The number of H-pyrrole nitrogens is 1. The van der Waals surface area contributed by atoms with Crippen molar-refractivity contribution in [2.45, 2.75) is 59.3 Å².